The standard InChI is InChI=1S/C18H29N9O5S2/c19-5-12(28)7-22-34(31,32)15-4-3-14(27-8-10-1-2-11(9-27)13(10)6-20)16(17(15)33(21,29)30)18-23-25-26-24-18/h3-4,10-13,22,28H,1-2,5-9,19-20H2,(H2,21,29,30)(H,23,24,25,26)/t10-,11+,12-,13?/m1/s1. The van der Waals surface area contributed by atoms with Crippen molar-refractivity contribution >= 4 is 25.7 Å². The third-order valence-electron chi connectivity index (χ3n) is 6.67. The average molecular weight is 516 g/mol. The number of fused-ring (bicyclic) bond motifs is 2. The van der Waals surface area contributed by atoms with Gasteiger partial charge < -0.3 is 21.5 Å². The molecule has 0 radical (unpaired) electrons. The summed E-state index contributed by atoms with van der Waals surface area (Å²) in [6, 6.07) is 2.71. The summed E-state index contributed by atoms with van der Waals surface area (Å²) in [5, 5.41) is 28.9. The molecule has 1 aromatic heterocycles. The number of aliphatic hydroxyl groups is 1. The molecule has 2 bridgehead atoms. The number of benzene rings is 1. The smallest absolute Gasteiger partial charge is 0.242 e. The van der Waals surface area contributed by atoms with Crippen LogP contribution in [0.2, 0.25) is 0 Å². The number of rotatable bonds is 9. The molecular formula is C18H29N9O5S2. The maximum absolute atomic E-state index is 13.1. The van der Waals surface area contributed by atoms with Crippen LogP contribution >= 0.6 is 0 Å². The number of hydrogen-bond donors (Lipinski definition) is 6. The normalized spacial score (nSPS) is 23.9. The Labute approximate surface area is 197 Å². The van der Waals surface area contributed by atoms with Gasteiger partial charge in [0.15, 0.2) is 0 Å². The van der Waals surface area contributed by atoms with Gasteiger partial charge in [-0.3, -0.25) is 0 Å². The summed E-state index contributed by atoms with van der Waals surface area (Å²) in [5.74, 6) is 0.956. The second-order valence-electron chi connectivity index (χ2n) is 8.71. The van der Waals surface area contributed by atoms with E-state index in [1.807, 2.05) is 4.90 Å². The molecule has 188 valence electrons. The number of aromatic amines is 1. The molecule has 34 heavy (non-hydrogen) atoms. The fourth-order valence-electron chi connectivity index (χ4n) is 5.08. The lowest BCUT2D eigenvalue weighted by atomic mass is 9.85. The van der Waals surface area contributed by atoms with Crippen molar-refractivity contribution in [1.82, 2.24) is 25.3 Å². The van der Waals surface area contributed by atoms with Crippen LogP contribution in [0.5, 0.6) is 0 Å². The van der Waals surface area contributed by atoms with Crippen molar-refractivity contribution in [3.05, 3.63) is 12.1 Å². The van der Waals surface area contributed by atoms with Crippen LogP contribution in [0.25, 0.3) is 11.4 Å². The number of nitrogens with zero attached hydrogens (tertiary/aromatic N) is 4. The zero-order chi connectivity index (χ0) is 24.7. The molecule has 1 saturated carbocycles. The molecule has 16 heteroatoms. The van der Waals surface area contributed by atoms with Crippen LogP contribution < -0.4 is 26.2 Å². The van der Waals surface area contributed by atoms with Gasteiger partial charge in [-0.25, -0.2) is 26.7 Å². The van der Waals surface area contributed by atoms with E-state index in [-0.39, 0.29) is 17.9 Å². The molecule has 4 atom stereocenters. The molecular weight excluding hydrogens is 486 g/mol. The molecule has 4 rings (SSSR count). The van der Waals surface area contributed by atoms with Crippen LogP contribution in [0.15, 0.2) is 21.9 Å². The summed E-state index contributed by atoms with van der Waals surface area (Å²) in [4.78, 5) is 0.786. The maximum Gasteiger partial charge on any atom is 0.242 e. The van der Waals surface area contributed by atoms with Crippen molar-refractivity contribution in [3.8, 4) is 11.4 Å². The number of primary sulfonamides is 1. The number of H-pyrrole nitrogens is 1. The summed E-state index contributed by atoms with van der Waals surface area (Å²) in [5.41, 5.74) is 11.7. The van der Waals surface area contributed by atoms with E-state index in [2.05, 4.69) is 25.3 Å². The lowest BCUT2D eigenvalue weighted by Gasteiger charge is -2.39. The van der Waals surface area contributed by atoms with Crippen LogP contribution in [0, 0.1) is 17.8 Å². The molecule has 0 amide bonds. The first-order chi connectivity index (χ1) is 16.1. The number of aromatic nitrogens is 4. The third-order valence-corrected chi connectivity index (χ3v) is 9.25. The minimum absolute atomic E-state index is 0.0518. The molecule has 2 aliphatic rings. The number of aliphatic hydroxyl groups excluding tert-OH is 1. The molecule has 0 spiro atoms. The Morgan fingerprint density at radius 2 is 1.85 bits per heavy atom. The van der Waals surface area contributed by atoms with E-state index in [1.165, 1.54) is 12.1 Å². The molecule has 1 unspecified atom stereocenters. The number of tetrazole rings is 1. The van der Waals surface area contributed by atoms with Crippen molar-refractivity contribution in [3.63, 3.8) is 0 Å². The molecule has 2 aromatic rings. The molecule has 1 aliphatic carbocycles. The topological polar surface area (TPSA) is 236 Å². The highest BCUT2D eigenvalue weighted by Gasteiger charge is 2.42. The monoisotopic (exact) mass is 515 g/mol. The molecule has 2 heterocycles. The number of sulfonamides is 2. The summed E-state index contributed by atoms with van der Waals surface area (Å²) in [6.45, 7) is 1.25. The lowest BCUT2D eigenvalue weighted by Crippen LogP contribution is -2.44. The largest absolute Gasteiger partial charge is 0.390 e. The van der Waals surface area contributed by atoms with Gasteiger partial charge in [-0.15, -0.1) is 10.2 Å². The van der Waals surface area contributed by atoms with Gasteiger partial charge in [-0.2, -0.15) is 5.21 Å². The van der Waals surface area contributed by atoms with E-state index in [9.17, 15) is 21.9 Å². The predicted molar refractivity (Wildman–Crippen MR) is 122 cm³/mol. The van der Waals surface area contributed by atoms with E-state index in [0.29, 0.717) is 43.1 Å². The molecule has 14 nitrogen and oxygen atoms in total. The first-order valence-corrected chi connectivity index (χ1v) is 13.9. The minimum atomic E-state index is -4.58. The van der Waals surface area contributed by atoms with Crippen molar-refractivity contribution in [2.24, 2.45) is 34.4 Å². The summed E-state index contributed by atoms with van der Waals surface area (Å²) in [6.07, 6.45) is 0.883. The lowest BCUT2D eigenvalue weighted by molar-refractivity contribution is 0.186. The molecule has 1 aromatic carbocycles. The van der Waals surface area contributed by atoms with Crippen LogP contribution in [0.4, 0.5) is 5.69 Å². The Morgan fingerprint density at radius 3 is 2.38 bits per heavy atom. The Kier molecular flexibility index (Phi) is 6.92. The zero-order valence-electron chi connectivity index (χ0n) is 18.3. The van der Waals surface area contributed by atoms with Crippen LogP contribution in [-0.2, 0) is 20.0 Å². The van der Waals surface area contributed by atoms with Crippen molar-refractivity contribution in [2.75, 3.05) is 37.6 Å². The predicted octanol–water partition coefficient (Wildman–Crippen LogP) is -2.47. The van der Waals surface area contributed by atoms with E-state index in [1.54, 1.807) is 0 Å². The number of piperidine rings is 1. The Balaban J connectivity index is 1.87. The van der Waals surface area contributed by atoms with E-state index in [4.69, 9.17) is 16.6 Å². The highest BCUT2D eigenvalue weighted by atomic mass is 32.2. The Morgan fingerprint density at radius 1 is 1.18 bits per heavy atom. The molecule has 2 fully saturated rings. The Hall–Kier alpha value is -2.21. The van der Waals surface area contributed by atoms with Gasteiger partial charge in [0.2, 0.25) is 25.9 Å². The van der Waals surface area contributed by atoms with Crippen molar-refractivity contribution in [2.45, 2.75) is 28.7 Å². The van der Waals surface area contributed by atoms with Gasteiger partial charge in [0, 0.05) is 31.9 Å². The van der Waals surface area contributed by atoms with Gasteiger partial charge in [0.05, 0.1) is 11.7 Å². The number of anilines is 1. The summed E-state index contributed by atoms with van der Waals surface area (Å²) < 4.78 is 53.8. The molecule has 1 saturated heterocycles. The first-order valence-electron chi connectivity index (χ1n) is 10.8. The summed E-state index contributed by atoms with van der Waals surface area (Å²) in [7, 11) is -8.99. The average Bonchev–Trinajstić information content (AvgIpc) is 3.41. The number of hydrogen-bond acceptors (Lipinski definition) is 11. The zero-order valence-corrected chi connectivity index (χ0v) is 20.0. The van der Waals surface area contributed by atoms with Crippen molar-refractivity contribution in [1.29, 1.82) is 0 Å². The third kappa shape index (κ3) is 4.66. The quantitative estimate of drug-likeness (QED) is 0.205. The van der Waals surface area contributed by atoms with Crippen LogP contribution in [0.1, 0.15) is 12.8 Å². The van der Waals surface area contributed by atoms with Gasteiger partial charge in [-0.1, -0.05) is 0 Å². The Bertz CT molecular complexity index is 1220. The minimum Gasteiger partial charge on any atom is -0.390 e. The second kappa shape index (κ2) is 9.44. The molecule has 9 N–H and O–H groups in total. The van der Waals surface area contributed by atoms with Gasteiger partial charge in [0.25, 0.3) is 0 Å². The van der Waals surface area contributed by atoms with Gasteiger partial charge in [0.1, 0.15) is 9.79 Å². The second-order valence-corrected chi connectivity index (χ2v) is 11.9. The fraction of sp³-hybridized carbons (Fsp3) is 0.611. The molecule has 1 aliphatic heterocycles. The summed E-state index contributed by atoms with van der Waals surface area (Å²) >= 11 is 0. The van der Waals surface area contributed by atoms with Gasteiger partial charge >= 0.3 is 0 Å². The highest BCUT2D eigenvalue weighted by Crippen LogP contribution is 2.45. The SMILES string of the molecule is NCC1[C@@H]2CC[C@H]1CN(c1ccc(S(=O)(=O)NC[C@H](O)CN)c(S(N)(=O)=O)c1-c1nn[nH]n1)C2. The van der Waals surface area contributed by atoms with E-state index >= 15 is 0 Å². The van der Waals surface area contributed by atoms with E-state index in [0.717, 1.165) is 12.8 Å². The maximum atomic E-state index is 13.1. The first kappa shape index (κ1) is 24.9. The fourth-order valence-corrected chi connectivity index (χ4v) is 7.75. The number of nitrogens with two attached hydrogens (primary N) is 3. The van der Waals surface area contributed by atoms with E-state index < -0.39 is 42.5 Å². The van der Waals surface area contributed by atoms with Gasteiger partial charge in [-0.05, 0) is 54.5 Å². The van der Waals surface area contributed by atoms with Crippen molar-refractivity contribution < 1.29 is 21.9 Å². The highest BCUT2D eigenvalue weighted by molar-refractivity contribution is 7.92. The van der Waals surface area contributed by atoms with Crippen LogP contribution in [0.3, 0.4) is 0 Å². The number of nitrogens with one attached hydrogen (secondary N) is 2. The van der Waals surface area contributed by atoms with Crippen LogP contribution in [-0.4, -0.2) is 81.4 Å².